The molecule has 1 fully saturated rings. The summed E-state index contributed by atoms with van der Waals surface area (Å²) < 4.78 is 4.63. The molecular weight excluding hydrogens is 196 g/mol. The molecule has 1 aliphatic rings. The maximum Gasteiger partial charge on any atom is 0.308 e. The van der Waals surface area contributed by atoms with Crippen molar-refractivity contribution < 1.29 is 19.1 Å². The van der Waals surface area contributed by atoms with Gasteiger partial charge in [-0.3, -0.25) is 14.4 Å². The van der Waals surface area contributed by atoms with Crippen LogP contribution in [0.3, 0.4) is 0 Å². The molecule has 0 heterocycles. The summed E-state index contributed by atoms with van der Waals surface area (Å²) in [6, 6.07) is 0. The van der Waals surface area contributed by atoms with Gasteiger partial charge in [-0.1, -0.05) is 6.92 Å². The topological polar surface area (TPSA) is 60.4 Å². The maximum absolute atomic E-state index is 11.5. The van der Waals surface area contributed by atoms with Crippen LogP contribution in [0.15, 0.2) is 0 Å². The molecule has 0 amide bonds. The third kappa shape index (κ3) is 2.64. The molecule has 1 rings (SSSR count). The Morgan fingerprint density at radius 1 is 1.47 bits per heavy atom. The summed E-state index contributed by atoms with van der Waals surface area (Å²) in [5.41, 5.74) is 0. The standard InChI is InChI=1S/C11H16O4/c1-3-9(12)8-6-7(11(14)15-2)4-5-10(8)13/h7-8H,3-6H2,1-2H3. The molecule has 4 heteroatoms. The van der Waals surface area contributed by atoms with Crippen molar-refractivity contribution in [2.24, 2.45) is 11.8 Å². The normalized spacial score (nSPS) is 26.1. The van der Waals surface area contributed by atoms with Gasteiger partial charge in [0, 0.05) is 12.8 Å². The molecule has 15 heavy (non-hydrogen) atoms. The first-order chi connectivity index (χ1) is 7.10. The first-order valence-corrected chi connectivity index (χ1v) is 5.23. The van der Waals surface area contributed by atoms with Gasteiger partial charge in [-0.2, -0.15) is 0 Å². The molecule has 2 unspecified atom stereocenters. The molecule has 0 aromatic rings. The fourth-order valence-electron chi connectivity index (χ4n) is 1.96. The summed E-state index contributed by atoms with van der Waals surface area (Å²) >= 11 is 0. The van der Waals surface area contributed by atoms with Crippen LogP contribution in [-0.4, -0.2) is 24.6 Å². The van der Waals surface area contributed by atoms with Crippen molar-refractivity contribution in [3.05, 3.63) is 0 Å². The third-order valence-corrected chi connectivity index (χ3v) is 2.92. The fourth-order valence-corrected chi connectivity index (χ4v) is 1.96. The number of rotatable bonds is 3. The summed E-state index contributed by atoms with van der Waals surface area (Å²) in [5, 5.41) is 0. The summed E-state index contributed by atoms with van der Waals surface area (Å²) in [6.45, 7) is 1.73. The Balaban J connectivity index is 2.68. The highest BCUT2D eigenvalue weighted by Gasteiger charge is 2.36. The molecule has 0 bridgehead atoms. The van der Waals surface area contributed by atoms with Gasteiger partial charge in [0.15, 0.2) is 0 Å². The van der Waals surface area contributed by atoms with E-state index in [-0.39, 0.29) is 23.5 Å². The second-order valence-electron chi connectivity index (χ2n) is 3.83. The first-order valence-electron chi connectivity index (χ1n) is 5.23. The SMILES string of the molecule is CCC(=O)C1CC(C(=O)OC)CCC1=O. The van der Waals surface area contributed by atoms with Crippen LogP contribution < -0.4 is 0 Å². The zero-order valence-corrected chi connectivity index (χ0v) is 9.12. The van der Waals surface area contributed by atoms with E-state index in [2.05, 4.69) is 4.74 Å². The van der Waals surface area contributed by atoms with Crippen molar-refractivity contribution in [1.82, 2.24) is 0 Å². The Labute approximate surface area is 89.0 Å². The Hall–Kier alpha value is -1.19. The smallest absolute Gasteiger partial charge is 0.308 e. The first kappa shape index (κ1) is 11.9. The van der Waals surface area contributed by atoms with Crippen molar-refractivity contribution >= 4 is 17.5 Å². The largest absolute Gasteiger partial charge is 0.469 e. The molecule has 1 saturated carbocycles. The Bertz CT molecular complexity index is 274. The van der Waals surface area contributed by atoms with Gasteiger partial charge >= 0.3 is 5.97 Å². The molecule has 84 valence electrons. The Morgan fingerprint density at radius 3 is 2.67 bits per heavy atom. The molecule has 0 N–H and O–H groups in total. The lowest BCUT2D eigenvalue weighted by molar-refractivity contribution is -0.149. The van der Waals surface area contributed by atoms with E-state index in [1.165, 1.54) is 7.11 Å². The van der Waals surface area contributed by atoms with Gasteiger partial charge in [-0.15, -0.1) is 0 Å². The molecule has 0 saturated heterocycles. The highest BCUT2D eigenvalue weighted by Crippen LogP contribution is 2.28. The average molecular weight is 212 g/mol. The van der Waals surface area contributed by atoms with Crippen LogP contribution in [0, 0.1) is 11.8 Å². The monoisotopic (exact) mass is 212 g/mol. The number of hydrogen-bond donors (Lipinski definition) is 0. The summed E-state index contributed by atoms with van der Waals surface area (Å²) in [7, 11) is 1.33. The quantitative estimate of drug-likeness (QED) is 0.519. The van der Waals surface area contributed by atoms with E-state index in [4.69, 9.17) is 0 Å². The molecule has 0 radical (unpaired) electrons. The van der Waals surface area contributed by atoms with Crippen LogP contribution in [0.4, 0.5) is 0 Å². The summed E-state index contributed by atoms with van der Waals surface area (Å²) in [5.74, 6) is -1.26. The number of ether oxygens (including phenoxy) is 1. The summed E-state index contributed by atoms with van der Waals surface area (Å²) in [6.07, 6.45) is 1.51. The molecule has 0 aromatic carbocycles. The van der Waals surface area contributed by atoms with Crippen molar-refractivity contribution in [2.45, 2.75) is 32.6 Å². The number of ketones is 2. The van der Waals surface area contributed by atoms with Crippen LogP contribution in [0.5, 0.6) is 0 Å². The molecule has 0 spiro atoms. The highest BCUT2D eigenvalue weighted by molar-refractivity contribution is 6.03. The number of carbonyl (C=O) groups excluding carboxylic acids is 3. The number of hydrogen-bond acceptors (Lipinski definition) is 4. The number of esters is 1. The molecule has 0 aromatic heterocycles. The Morgan fingerprint density at radius 2 is 2.13 bits per heavy atom. The highest BCUT2D eigenvalue weighted by atomic mass is 16.5. The predicted octanol–water partition coefficient (Wildman–Crippen LogP) is 1.12. The lowest BCUT2D eigenvalue weighted by atomic mass is 9.78. The van der Waals surface area contributed by atoms with Gasteiger partial charge in [-0.05, 0) is 12.8 Å². The minimum atomic E-state index is -0.576. The van der Waals surface area contributed by atoms with Crippen LogP contribution in [0.25, 0.3) is 0 Å². The fraction of sp³-hybridized carbons (Fsp3) is 0.727. The van der Waals surface area contributed by atoms with Crippen molar-refractivity contribution in [3.63, 3.8) is 0 Å². The number of methoxy groups -OCH3 is 1. The summed E-state index contributed by atoms with van der Waals surface area (Å²) in [4.78, 5) is 34.2. The van der Waals surface area contributed by atoms with E-state index in [0.717, 1.165) is 0 Å². The minimum absolute atomic E-state index is 0.0259. The van der Waals surface area contributed by atoms with Crippen LogP contribution >= 0.6 is 0 Å². The molecule has 2 atom stereocenters. The second-order valence-corrected chi connectivity index (χ2v) is 3.83. The molecule has 4 nitrogen and oxygen atoms in total. The third-order valence-electron chi connectivity index (χ3n) is 2.92. The van der Waals surface area contributed by atoms with E-state index in [9.17, 15) is 14.4 Å². The van der Waals surface area contributed by atoms with Crippen LogP contribution in [-0.2, 0) is 19.1 Å². The lowest BCUT2D eigenvalue weighted by Crippen LogP contribution is -2.34. The Kier molecular flexibility index (Phi) is 4.00. The van der Waals surface area contributed by atoms with E-state index in [1.54, 1.807) is 6.92 Å². The average Bonchev–Trinajstić information content (AvgIpc) is 2.27. The van der Waals surface area contributed by atoms with Gasteiger partial charge in [0.25, 0.3) is 0 Å². The van der Waals surface area contributed by atoms with Gasteiger partial charge < -0.3 is 4.74 Å². The number of carbonyl (C=O) groups is 3. The van der Waals surface area contributed by atoms with Crippen molar-refractivity contribution in [1.29, 1.82) is 0 Å². The van der Waals surface area contributed by atoms with E-state index < -0.39 is 5.92 Å². The van der Waals surface area contributed by atoms with Crippen molar-refractivity contribution in [3.8, 4) is 0 Å². The second kappa shape index (κ2) is 5.05. The minimum Gasteiger partial charge on any atom is -0.469 e. The van der Waals surface area contributed by atoms with Gasteiger partial charge in [-0.25, -0.2) is 0 Å². The van der Waals surface area contributed by atoms with E-state index >= 15 is 0 Å². The van der Waals surface area contributed by atoms with Crippen LogP contribution in [0.1, 0.15) is 32.6 Å². The van der Waals surface area contributed by atoms with Gasteiger partial charge in [0.2, 0.25) is 0 Å². The predicted molar refractivity (Wildman–Crippen MR) is 53.2 cm³/mol. The zero-order valence-electron chi connectivity index (χ0n) is 9.12. The lowest BCUT2D eigenvalue weighted by Gasteiger charge is -2.25. The molecule has 0 aliphatic heterocycles. The maximum atomic E-state index is 11.5. The number of Topliss-reactive ketones (excluding diaryl/α,β-unsaturated/α-hetero) is 2. The van der Waals surface area contributed by atoms with Gasteiger partial charge in [0.1, 0.15) is 11.6 Å². The molecule has 1 aliphatic carbocycles. The zero-order chi connectivity index (χ0) is 11.4. The van der Waals surface area contributed by atoms with E-state index in [0.29, 0.717) is 25.7 Å². The van der Waals surface area contributed by atoms with Crippen LogP contribution in [0.2, 0.25) is 0 Å². The van der Waals surface area contributed by atoms with E-state index in [1.807, 2.05) is 0 Å². The van der Waals surface area contributed by atoms with Gasteiger partial charge in [0.05, 0.1) is 18.9 Å². The molecular formula is C11H16O4. The van der Waals surface area contributed by atoms with Crippen molar-refractivity contribution in [2.75, 3.05) is 7.11 Å².